The van der Waals surface area contributed by atoms with Crippen LogP contribution >= 0.6 is 23.1 Å². The Balaban J connectivity index is 1.51. The number of benzene rings is 1. The minimum absolute atomic E-state index is 0.0499. The SMILES string of the molecule is O=C(CSc1nnc(NC2CC2)s1)Nc1cccc(C(F)(F)F)c1. The number of rotatable bonds is 6. The van der Waals surface area contributed by atoms with E-state index in [1.54, 1.807) is 0 Å². The van der Waals surface area contributed by atoms with Crippen LogP contribution in [0.3, 0.4) is 0 Å². The molecule has 1 aromatic carbocycles. The van der Waals surface area contributed by atoms with Gasteiger partial charge in [-0.05, 0) is 31.0 Å². The number of halogens is 3. The van der Waals surface area contributed by atoms with E-state index in [1.165, 1.54) is 35.2 Å². The number of carbonyl (C=O) groups is 1. The first-order valence-electron chi connectivity index (χ1n) is 7.10. The molecule has 0 atom stereocenters. The van der Waals surface area contributed by atoms with Gasteiger partial charge in [0.1, 0.15) is 0 Å². The molecule has 0 radical (unpaired) electrons. The molecular formula is C14H13F3N4OS2. The summed E-state index contributed by atoms with van der Waals surface area (Å²) in [5, 5.41) is 14.3. The molecule has 10 heteroatoms. The second-order valence-electron chi connectivity index (χ2n) is 5.21. The van der Waals surface area contributed by atoms with Crippen molar-refractivity contribution in [2.24, 2.45) is 0 Å². The second kappa shape index (κ2) is 6.98. The summed E-state index contributed by atoms with van der Waals surface area (Å²) in [4.78, 5) is 11.9. The molecule has 1 aromatic heterocycles. The lowest BCUT2D eigenvalue weighted by molar-refractivity contribution is -0.137. The van der Waals surface area contributed by atoms with Crippen LogP contribution in [0.1, 0.15) is 18.4 Å². The largest absolute Gasteiger partial charge is 0.416 e. The summed E-state index contributed by atoms with van der Waals surface area (Å²) in [5.41, 5.74) is -0.684. The zero-order valence-corrected chi connectivity index (χ0v) is 13.9. The molecule has 0 unspecified atom stereocenters. The first-order chi connectivity index (χ1) is 11.4. The van der Waals surface area contributed by atoms with Crippen LogP contribution in [0.2, 0.25) is 0 Å². The summed E-state index contributed by atoms with van der Waals surface area (Å²) in [6.45, 7) is 0. The molecule has 0 spiro atoms. The summed E-state index contributed by atoms with van der Waals surface area (Å²) < 4.78 is 38.5. The molecule has 1 amide bonds. The number of hydrogen-bond donors (Lipinski definition) is 2. The molecule has 0 bridgehead atoms. The van der Waals surface area contributed by atoms with Gasteiger partial charge in [-0.15, -0.1) is 10.2 Å². The zero-order chi connectivity index (χ0) is 17.2. The number of carbonyl (C=O) groups excluding carboxylic acids is 1. The van der Waals surface area contributed by atoms with Gasteiger partial charge in [-0.25, -0.2) is 0 Å². The number of anilines is 2. The average Bonchev–Trinajstić information content (AvgIpc) is 3.21. The van der Waals surface area contributed by atoms with Gasteiger partial charge in [-0.3, -0.25) is 4.79 Å². The number of hydrogen-bond acceptors (Lipinski definition) is 6. The molecule has 1 saturated carbocycles. The van der Waals surface area contributed by atoms with Crippen LogP contribution in [-0.2, 0) is 11.0 Å². The average molecular weight is 374 g/mol. The van der Waals surface area contributed by atoms with Crippen molar-refractivity contribution in [2.75, 3.05) is 16.4 Å². The Hall–Kier alpha value is -1.81. The quantitative estimate of drug-likeness (QED) is 0.752. The van der Waals surface area contributed by atoms with Crippen molar-refractivity contribution in [1.29, 1.82) is 0 Å². The molecule has 0 saturated heterocycles. The van der Waals surface area contributed by atoms with E-state index >= 15 is 0 Å². The van der Waals surface area contributed by atoms with Crippen LogP contribution in [0.15, 0.2) is 28.6 Å². The number of amides is 1. The highest BCUT2D eigenvalue weighted by molar-refractivity contribution is 8.01. The molecular weight excluding hydrogens is 361 g/mol. The first kappa shape index (κ1) is 17.0. The lowest BCUT2D eigenvalue weighted by atomic mass is 10.2. The van der Waals surface area contributed by atoms with E-state index in [-0.39, 0.29) is 11.4 Å². The maximum absolute atomic E-state index is 12.6. The third-order valence-corrected chi connectivity index (χ3v) is 5.10. The fraction of sp³-hybridized carbons (Fsp3) is 0.357. The topological polar surface area (TPSA) is 66.9 Å². The van der Waals surface area contributed by atoms with Gasteiger partial charge in [0.05, 0.1) is 11.3 Å². The van der Waals surface area contributed by atoms with Gasteiger partial charge < -0.3 is 10.6 Å². The lowest BCUT2D eigenvalue weighted by Crippen LogP contribution is -2.15. The molecule has 3 rings (SSSR count). The fourth-order valence-corrected chi connectivity index (χ4v) is 3.46. The highest BCUT2D eigenvalue weighted by atomic mass is 32.2. The Labute approximate surface area is 144 Å². The second-order valence-corrected chi connectivity index (χ2v) is 7.41. The van der Waals surface area contributed by atoms with Crippen LogP contribution in [0, 0.1) is 0 Å². The molecule has 2 aromatic rings. The summed E-state index contributed by atoms with van der Waals surface area (Å²) >= 11 is 2.55. The van der Waals surface area contributed by atoms with Crippen molar-refractivity contribution in [3.8, 4) is 0 Å². The zero-order valence-electron chi connectivity index (χ0n) is 12.3. The van der Waals surface area contributed by atoms with Crippen molar-refractivity contribution in [3.63, 3.8) is 0 Å². The van der Waals surface area contributed by atoms with E-state index in [9.17, 15) is 18.0 Å². The van der Waals surface area contributed by atoms with Gasteiger partial charge in [0, 0.05) is 11.7 Å². The molecule has 5 nitrogen and oxygen atoms in total. The van der Waals surface area contributed by atoms with Crippen molar-refractivity contribution in [2.45, 2.75) is 29.4 Å². The predicted molar refractivity (Wildman–Crippen MR) is 87.4 cm³/mol. The Kier molecular flexibility index (Phi) is 4.95. The van der Waals surface area contributed by atoms with Gasteiger partial charge in [0.25, 0.3) is 0 Å². The van der Waals surface area contributed by atoms with Gasteiger partial charge in [-0.1, -0.05) is 29.2 Å². The highest BCUT2D eigenvalue weighted by Gasteiger charge is 2.30. The van der Waals surface area contributed by atoms with Gasteiger partial charge in [0.2, 0.25) is 11.0 Å². The summed E-state index contributed by atoms with van der Waals surface area (Å²) in [5.74, 6) is -0.347. The Morgan fingerprint density at radius 3 is 2.83 bits per heavy atom. The van der Waals surface area contributed by atoms with Crippen molar-refractivity contribution in [3.05, 3.63) is 29.8 Å². The van der Waals surface area contributed by atoms with Crippen LogP contribution in [0.4, 0.5) is 24.0 Å². The van der Waals surface area contributed by atoms with E-state index in [2.05, 4.69) is 20.8 Å². The van der Waals surface area contributed by atoms with E-state index in [0.29, 0.717) is 10.4 Å². The molecule has 0 aliphatic heterocycles. The summed E-state index contributed by atoms with van der Waals surface area (Å²) in [6.07, 6.45) is -2.18. The van der Waals surface area contributed by atoms with Crippen LogP contribution in [0.25, 0.3) is 0 Å². The van der Waals surface area contributed by atoms with E-state index in [0.717, 1.165) is 30.1 Å². The Morgan fingerprint density at radius 1 is 1.33 bits per heavy atom. The number of thioether (sulfide) groups is 1. The maximum Gasteiger partial charge on any atom is 0.416 e. The Morgan fingerprint density at radius 2 is 2.12 bits per heavy atom. The molecule has 1 aliphatic rings. The minimum atomic E-state index is -4.44. The standard InChI is InChI=1S/C14H13F3N4OS2/c15-14(16,17)8-2-1-3-10(6-8)18-11(22)7-23-13-21-20-12(24-13)19-9-4-5-9/h1-3,6,9H,4-5,7H2,(H,18,22)(H,19,20). The lowest BCUT2D eigenvalue weighted by Gasteiger charge is -2.09. The van der Waals surface area contributed by atoms with Gasteiger partial charge in [0.15, 0.2) is 4.34 Å². The predicted octanol–water partition coefficient (Wildman–Crippen LogP) is 3.86. The molecule has 128 valence electrons. The van der Waals surface area contributed by atoms with Crippen molar-refractivity contribution >= 4 is 39.8 Å². The third kappa shape index (κ3) is 4.84. The van der Waals surface area contributed by atoms with E-state index < -0.39 is 17.6 Å². The number of nitrogens with zero attached hydrogens (tertiary/aromatic N) is 2. The van der Waals surface area contributed by atoms with Crippen molar-refractivity contribution in [1.82, 2.24) is 10.2 Å². The first-order valence-corrected chi connectivity index (χ1v) is 8.90. The maximum atomic E-state index is 12.6. The van der Waals surface area contributed by atoms with E-state index in [4.69, 9.17) is 0 Å². The summed E-state index contributed by atoms with van der Waals surface area (Å²) in [7, 11) is 0. The number of aromatic nitrogens is 2. The Bertz CT molecular complexity index is 731. The fourth-order valence-electron chi connectivity index (χ4n) is 1.83. The normalized spacial score (nSPS) is 14.5. The minimum Gasteiger partial charge on any atom is -0.357 e. The molecule has 2 N–H and O–H groups in total. The monoisotopic (exact) mass is 374 g/mol. The summed E-state index contributed by atoms with van der Waals surface area (Å²) in [6, 6.07) is 5.01. The number of nitrogens with one attached hydrogen (secondary N) is 2. The highest BCUT2D eigenvalue weighted by Crippen LogP contribution is 2.31. The van der Waals surface area contributed by atoms with Crippen LogP contribution in [-0.4, -0.2) is 27.9 Å². The molecule has 24 heavy (non-hydrogen) atoms. The molecule has 1 aliphatic carbocycles. The molecule has 1 fully saturated rings. The van der Waals surface area contributed by atoms with E-state index in [1.807, 2.05) is 0 Å². The van der Waals surface area contributed by atoms with Crippen molar-refractivity contribution < 1.29 is 18.0 Å². The van der Waals surface area contributed by atoms with Crippen LogP contribution in [0.5, 0.6) is 0 Å². The number of alkyl halides is 3. The van der Waals surface area contributed by atoms with Crippen LogP contribution < -0.4 is 10.6 Å². The molecule has 1 heterocycles. The smallest absolute Gasteiger partial charge is 0.357 e. The van der Waals surface area contributed by atoms with Gasteiger partial charge in [-0.2, -0.15) is 13.2 Å². The third-order valence-electron chi connectivity index (χ3n) is 3.11. The van der Waals surface area contributed by atoms with Gasteiger partial charge >= 0.3 is 6.18 Å².